The Kier molecular flexibility index (Phi) is 30.5. The van der Waals surface area contributed by atoms with E-state index in [9.17, 15) is 4.79 Å². The molecule has 0 spiro atoms. The Morgan fingerprint density at radius 2 is 0.881 bits per heavy atom. The maximum absolute atomic E-state index is 12.6. The standard InChI is InChI=1S/C39H76NO2/c1-6-8-10-12-14-16-18-20-22-24-26-28-30-32-35-38(42-39(41)36-33-37-40(3,4)5)34-31-29-27-25-23-21-19-17-15-13-11-9-7-2/h15-18,38H,6-14,19-37H2,1-5H3/q+1/b17-15-,18-16-. The molecule has 0 fully saturated rings. The molecule has 0 aliphatic rings. The maximum atomic E-state index is 12.6. The fraction of sp³-hybridized carbons (Fsp3) is 0.872. The van der Waals surface area contributed by atoms with Crippen molar-refractivity contribution in [2.24, 2.45) is 0 Å². The minimum atomic E-state index is 0.0228. The van der Waals surface area contributed by atoms with Gasteiger partial charge in [-0.3, -0.25) is 4.79 Å². The molecule has 0 radical (unpaired) electrons. The number of allylic oxidation sites excluding steroid dienone is 4. The zero-order valence-corrected chi connectivity index (χ0v) is 29.4. The summed E-state index contributed by atoms with van der Waals surface area (Å²) in [5.74, 6) is 0.0228. The average molecular weight is 591 g/mol. The smallest absolute Gasteiger partial charge is 0.306 e. The summed E-state index contributed by atoms with van der Waals surface area (Å²) in [4.78, 5) is 12.6. The molecule has 42 heavy (non-hydrogen) atoms. The third kappa shape index (κ3) is 33.4. The van der Waals surface area contributed by atoms with Crippen molar-refractivity contribution >= 4 is 5.97 Å². The van der Waals surface area contributed by atoms with Crippen LogP contribution in [-0.4, -0.2) is 44.2 Å². The Hall–Kier alpha value is -1.09. The van der Waals surface area contributed by atoms with E-state index in [2.05, 4.69) is 59.3 Å². The van der Waals surface area contributed by atoms with Crippen molar-refractivity contribution in [2.45, 2.75) is 193 Å². The molecule has 1 atom stereocenters. The zero-order chi connectivity index (χ0) is 31.0. The predicted octanol–water partition coefficient (Wildman–Crippen LogP) is 12.3. The Bertz CT molecular complexity index is 618. The number of carbonyl (C=O) groups excluding carboxylic acids is 1. The van der Waals surface area contributed by atoms with Gasteiger partial charge < -0.3 is 9.22 Å². The van der Waals surface area contributed by atoms with Crippen LogP contribution in [0.25, 0.3) is 0 Å². The number of unbranched alkanes of at least 4 members (excludes halogenated alkanes) is 19. The molecule has 0 bridgehead atoms. The molecule has 0 saturated carbocycles. The van der Waals surface area contributed by atoms with Crippen LogP contribution in [0.5, 0.6) is 0 Å². The van der Waals surface area contributed by atoms with Gasteiger partial charge >= 0.3 is 5.97 Å². The van der Waals surface area contributed by atoms with Crippen molar-refractivity contribution in [3.8, 4) is 0 Å². The quantitative estimate of drug-likeness (QED) is 0.0337. The average Bonchev–Trinajstić information content (AvgIpc) is 2.94. The van der Waals surface area contributed by atoms with Gasteiger partial charge in [-0.2, -0.15) is 0 Å². The fourth-order valence-corrected chi connectivity index (χ4v) is 5.56. The number of hydrogen-bond donors (Lipinski definition) is 0. The van der Waals surface area contributed by atoms with E-state index < -0.39 is 0 Å². The molecule has 0 heterocycles. The summed E-state index contributed by atoms with van der Waals surface area (Å²) in [5, 5.41) is 0. The van der Waals surface area contributed by atoms with Crippen molar-refractivity contribution < 1.29 is 14.0 Å². The molecule has 0 aliphatic heterocycles. The first kappa shape index (κ1) is 40.9. The van der Waals surface area contributed by atoms with Crippen LogP contribution in [0.15, 0.2) is 24.3 Å². The summed E-state index contributed by atoms with van der Waals surface area (Å²) in [6.45, 7) is 5.56. The molecule has 248 valence electrons. The number of nitrogens with zero attached hydrogens (tertiary/aromatic N) is 1. The molecule has 0 amide bonds. The topological polar surface area (TPSA) is 26.3 Å². The summed E-state index contributed by atoms with van der Waals surface area (Å²) >= 11 is 0. The third-order valence-corrected chi connectivity index (χ3v) is 8.33. The van der Waals surface area contributed by atoms with Crippen LogP contribution in [0.1, 0.15) is 187 Å². The van der Waals surface area contributed by atoms with Crippen LogP contribution in [0.4, 0.5) is 0 Å². The Labute approximate surface area is 264 Å². The molecule has 0 rings (SSSR count). The largest absolute Gasteiger partial charge is 0.462 e. The van der Waals surface area contributed by atoms with E-state index in [4.69, 9.17) is 4.74 Å². The van der Waals surface area contributed by atoms with Crippen LogP contribution in [0.3, 0.4) is 0 Å². The number of esters is 1. The Balaban J connectivity index is 4.07. The van der Waals surface area contributed by atoms with E-state index in [1.165, 1.54) is 148 Å². The van der Waals surface area contributed by atoms with E-state index in [1.807, 2.05) is 0 Å². The van der Waals surface area contributed by atoms with Gasteiger partial charge in [0.2, 0.25) is 0 Å². The summed E-state index contributed by atoms with van der Waals surface area (Å²) in [5.41, 5.74) is 0. The first-order valence-corrected chi connectivity index (χ1v) is 18.7. The van der Waals surface area contributed by atoms with Crippen molar-refractivity contribution in [1.82, 2.24) is 0 Å². The van der Waals surface area contributed by atoms with Gasteiger partial charge in [-0.25, -0.2) is 0 Å². The van der Waals surface area contributed by atoms with Crippen LogP contribution in [0, 0.1) is 0 Å². The van der Waals surface area contributed by atoms with Crippen molar-refractivity contribution in [3.63, 3.8) is 0 Å². The van der Waals surface area contributed by atoms with Gasteiger partial charge in [-0.15, -0.1) is 0 Å². The van der Waals surface area contributed by atoms with Crippen molar-refractivity contribution in [3.05, 3.63) is 24.3 Å². The number of rotatable bonds is 32. The maximum Gasteiger partial charge on any atom is 0.306 e. The van der Waals surface area contributed by atoms with Crippen molar-refractivity contribution in [2.75, 3.05) is 27.7 Å². The highest BCUT2D eigenvalue weighted by molar-refractivity contribution is 5.69. The Morgan fingerprint density at radius 3 is 1.31 bits per heavy atom. The molecule has 3 heteroatoms. The number of ether oxygens (including phenoxy) is 1. The van der Waals surface area contributed by atoms with E-state index >= 15 is 0 Å². The zero-order valence-electron chi connectivity index (χ0n) is 29.4. The highest BCUT2D eigenvalue weighted by atomic mass is 16.5. The fourth-order valence-electron chi connectivity index (χ4n) is 5.56. The molecular formula is C39H76NO2+. The highest BCUT2D eigenvalue weighted by Crippen LogP contribution is 2.18. The number of hydrogen-bond acceptors (Lipinski definition) is 2. The lowest BCUT2D eigenvalue weighted by molar-refractivity contribution is -0.870. The van der Waals surface area contributed by atoms with Gasteiger partial charge in [0.15, 0.2) is 0 Å². The van der Waals surface area contributed by atoms with Crippen LogP contribution in [0.2, 0.25) is 0 Å². The molecule has 0 aromatic carbocycles. The van der Waals surface area contributed by atoms with Gasteiger partial charge in [0, 0.05) is 6.42 Å². The van der Waals surface area contributed by atoms with Gasteiger partial charge in [0.1, 0.15) is 6.10 Å². The van der Waals surface area contributed by atoms with Gasteiger partial charge in [-0.05, 0) is 77.0 Å². The molecule has 0 aromatic rings. The summed E-state index contributed by atoms with van der Waals surface area (Å²) in [6.07, 6.45) is 43.3. The SMILES string of the molecule is CCCCC/C=C\CCCCCCCCC(CCCCCCCC/C=C\CCCCCC)OC(=O)CCC[N+](C)(C)C. The minimum Gasteiger partial charge on any atom is -0.462 e. The van der Waals surface area contributed by atoms with Crippen LogP contribution >= 0.6 is 0 Å². The second-order valence-electron chi connectivity index (χ2n) is 13.9. The normalized spacial score (nSPS) is 13.0. The molecule has 3 nitrogen and oxygen atoms in total. The summed E-state index contributed by atoms with van der Waals surface area (Å²) < 4.78 is 6.93. The first-order valence-electron chi connectivity index (χ1n) is 18.7. The lowest BCUT2D eigenvalue weighted by atomic mass is 10.0. The molecule has 0 saturated heterocycles. The van der Waals surface area contributed by atoms with E-state index in [-0.39, 0.29) is 12.1 Å². The monoisotopic (exact) mass is 591 g/mol. The first-order chi connectivity index (χ1) is 20.4. The number of quaternary nitrogens is 1. The van der Waals surface area contributed by atoms with Gasteiger partial charge in [0.25, 0.3) is 0 Å². The van der Waals surface area contributed by atoms with E-state index in [1.54, 1.807) is 0 Å². The minimum absolute atomic E-state index is 0.0228. The highest BCUT2D eigenvalue weighted by Gasteiger charge is 2.16. The van der Waals surface area contributed by atoms with Crippen molar-refractivity contribution in [1.29, 1.82) is 0 Å². The van der Waals surface area contributed by atoms with E-state index in [0.717, 1.165) is 30.3 Å². The van der Waals surface area contributed by atoms with Crippen LogP contribution in [-0.2, 0) is 9.53 Å². The second kappa shape index (κ2) is 31.3. The lowest BCUT2D eigenvalue weighted by Gasteiger charge is -2.24. The third-order valence-electron chi connectivity index (χ3n) is 8.33. The Morgan fingerprint density at radius 1 is 0.524 bits per heavy atom. The number of carbonyl (C=O) groups is 1. The molecule has 1 unspecified atom stereocenters. The van der Waals surface area contributed by atoms with Gasteiger partial charge in [0.05, 0.1) is 34.1 Å². The molecule has 0 N–H and O–H groups in total. The predicted molar refractivity (Wildman–Crippen MR) is 187 cm³/mol. The molecular weight excluding hydrogens is 514 g/mol. The lowest BCUT2D eigenvalue weighted by Crippen LogP contribution is -2.35. The van der Waals surface area contributed by atoms with Crippen LogP contribution < -0.4 is 0 Å². The summed E-state index contributed by atoms with van der Waals surface area (Å²) in [6, 6.07) is 0. The van der Waals surface area contributed by atoms with Gasteiger partial charge in [-0.1, -0.05) is 122 Å². The van der Waals surface area contributed by atoms with E-state index in [0.29, 0.717) is 6.42 Å². The summed E-state index contributed by atoms with van der Waals surface area (Å²) in [7, 11) is 6.56. The molecule has 0 aliphatic carbocycles. The molecule has 0 aromatic heterocycles. The second-order valence-corrected chi connectivity index (χ2v) is 13.9.